The van der Waals surface area contributed by atoms with Crippen molar-refractivity contribution < 1.29 is 38.7 Å². The number of ether oxygens (including phenoxy) is 4. The van der Waals surface area contributed by atoms with Crippen LogP contribution in [0.3, 0.4) is 0 Å². The minimum atomic E-state index is -1.81. The third-order valence-electron chi connectivity index (χ3n) is 9.74. The highest BCUT2D eigenvalue weighted by molar-refractivity contribution is 5.68. The Morgan fingerprint density at radius 2 is 1.36 bits per heavy atom. The smallest absolute Gasteiger partial charge is 0.410 e. The molecule has 0 bridgehead atoms. The first-order valence-electron chi connectivity index (χ1n) is 17.7. The van der Waals surface area contributed by atoms with Gasteiger partial charge in [0.15, 0.2) is 0 Å². The molecule has 1 aliphatic heterocycles. The quantitative estimate of drug-likeness (QED) is 0.0770. The second kappa shape index (κ2) is 20.0. The zero-order valence-electron chi connectivity index (χ0n) is 30.0. The van der Waals surface area contributed by atoms with E-state index in [1.165, 1.54) is 4.90 Å². The van der Waals surface area contributed by atoms with Crippen LogP contribution in [0.2, 0.25) is 0 Å². The fourth-order valence-corrected chi connectivity index (χ4v) is 7.21. The van der Waals surface area contributed by atoms with Crippen LogP contribution in [0.1, 0.15) is 36.5 Å². The number of rotatable bonds is 15. The number of aliphatic hydroxyl groups is 2. The zero-order chi connectivity index (χ0) is 39.2. The molecule has 0 aromatic heterocycles. The Bertz CT molecular complexity index is 1860. The van der Waals surface area contributed by atoms with E-state index in [-0.39, 0.29) is 39.2 Å². The number of hydrogen-bond donors (Lipinski definition) is 2. The molecule has 1 aliphatic carbocycles. The Hall–Kier alpha value is -5.83. The molecule has 18 nitrogen and oxygen atoms in total. The minimum Gasteiger partial charge on any atom is -0.462 e. The van der Waals surface area contributed by atoms with Crippen molar-refractivity contribution in [1.29, 1.82) is 0 Å². The van der Waals surface area contributed by atoms with E-state index in [2.05, 4.69) is 30.1 Å². The van der Waals surface area contributed by atoms with Crippen LogP contribution in [0.25, 0.3) is 31.3 Å². The molecule has 288 valence electrons. The molecule has 2 aliphatic rings. The van der Waals surface area contributed by atoms with Gasteiger partial charge in [-0.1, -0.05) is 106 Å². The minimum absolute atomic E-state index is 0.0143. The van der Waals surface area contributed by atoms with Crippen molar-refractivity contribution in [3.05, 3.63) is 139 Å². The van der Waals surface area contributed by atoms with Gasteiger partial charge in [-0.15, -0.1) is 0 Å². The summed E-state index contributed by atoms with van der Waals surface area (Å²) in [6.45, 7) is 1.31. The number of nitrogens with zero attached hydrogens (tertiary/aromatic N) is 10. The molecule has 0 spiro atoms. The van der Waals surface area contributed by atoms with E-state index < -0.39 is 72.7 Å². The number of esters is 1. The van der Waals surface area contributed by atoms with Crippen LogP contribution in [0.4, 0.5) is 4.79 Å². The van der Waals surface area contributed by atoms with Gasteiger partial charge < -0.3 is 29.2 Å². The molecule has 3 aromatic rings. The van der Waals surface area contributed by atoms with Crippen molar-refractivity contribution >= 4 is 12.1 Å². The highest BCUT2D eigenvalue weighted by atomic mass is 16.6. The van der Waals surface area contributed by atoms with E-state index in [0.717, 1.165) is 23.6 Å². The van der Waals surface area contributed by atoms with Crippen LogP contribution >= 0.6 is 0 Å². The summed E-state index contributed by atoms with van der Waals surface area (Å²) in [7, 11) is 0. The molecule has 55 heavy (non-hydrogen) atoms. The second-order valence-electron chi connectivity index (χ2n) is 13.2. The normalized spacial score (nSPS) is 26.5. The van der Waals surface area contributed by atoms with E-state index in [1.807, 2.05) is 91.0 Å². The van der Waals surface area contributed by atoms with Gasteiger partial charge in [0.05, 0.1) is 55.8 Å². The van der Waals surface area contributed by atoms with Crippen LogP contribution in [-0.2, 0) is 43.5 Å². The summed E-state index contributed by atoms with van der Waals surface area (Å²) in [4.78, 5) is 36.6. The molecule has 1 saturated carbocycles. The predicted octanol–water partition coefficient (Wildman–Crippen LogP) is 6.28. The molecular formula is C37H42N10O8. The summed E-state index contributed by atoms with van der Waals surface area (Å²) in [6.07, 6.45) is -7.48. The van der Waals surface area contributed by atoms with E-state index in [9.17, 15) is 36.4 Å². The van der Waals surface area contributed by atoms with Gasteiger partial charge >= 0.3 is 12.1 Å². The van der Waals surface area contributed by atoms with Gasteiger partial charge in [-0.3, -0.25) is 9.69 Å². The largest absolute Gasteiger partial charge is 0.462 e. The zero-order valence-corrected chi connectivity index (χ0v) is 30.0. The van der Waals surface area contributed by atoms with Gasteiger partial charge in [0, 0.05) is 34.1 Å². The Morgan fingerprint density at radius 3 is 1.95 bits per heavy atom. The first-order valence-corrected chi connectivity index (χ1v) is 17.7. The molecule has 0 radical (unpaired) electrons. The van der Waals surface area contributed by atoms with Crippen LogP contribution in [-0.4, -0.2) is 88.5 Å². The lowest BCUT2D eigenvalue weighted by Gasteiger charge is -2.51. The molecular weight excluding hydrogens is 712 g/mol. The molecule has 1 amide bonds. The van der Waals surface area contributed by atoms with Gasteiger partial charge in [-0.25, -0.2) is 4.79 Å². The van der Waals surface area contributed by atoms with E-state index in [0.29, 0.717) is 0 Å². The second-order valence-corrected chi connectivity index (χ2v) is 13.2. The highest BCUT2D eigenvalue weighted by Gasteiger charge is 2.56. The van der Waals surface area contributed by atoms with Crippen molar-refractivity contribution in [2.24, 2.45) is 21.3 Å². The highest BCUT2D eigenvalue weighted by Crippen LogP contribution is 2.41. The fraction of sp³-hybridized carbons (Fsp3) is 0.459. The van der Waals surface area contributed by atoms with Gasteiger partial charge in [-0.2, -0.15) is 0 Å². The molecule has 5 rings (SSSR count). The van der Waals surface area contributed by atoms with Crippen LogP contribution in [0.15, 0.2) is 106 Å². The van der Waals surface area contributed by atoms with Gasteiger partial charge in [0.1, 0.15) is 18.8 Å². The maximum Gasteiger partial charge on any atom is 0.410 e. The summed E-state index contributed by atoms with van der Waals surface area (Å²) in [5.41, 5.74) is 30.9. The summed E-state index contributed by atoms with van der Waals surface area (Å²) < 4.78 is 24.3. The number of aliphatic hydroxyl groups excluding tert-OH is 2. The summed E-state index contributed by atoms with van der Waals surface area (Å²) >= 11 is 0. The lowest BCUT2D eigenvalue weighted by molar-refractivity contribution is -0.194. The number of azide groups is 3. The molecule has 4 unspecified atom stereocenters. The molecule has 2 N–H and O–H groups in total. The van der Waals surface area contributed by atoms with Gasteiger partial charge in [0.25, 0.3) is 0 Å². The Balaban J connectivity index is 1.54. The number of amides is 1. The molecule has 10 atom stereocenters. The maximum absolute atomic E-state index is 14.2. The predicted molar refractivity (Wildman–Crippen MR) is 196 cm³/mol. The average molecular weight is 755 g/mol. The van der Waals surface area contributed by atoms with E-state index in [1.54, 1.807) is 0 Å². The lowest BCUT2D eigenvalue weighted by atomic mass is 9.70. The van der Waals surface area contributed by atoms with E-state index >= 15 is 0 Å². The van der Waals surface area contributed by atoms with Crippen LogP contribution in [0, 0.1) is 5.92 Å². The third kappa shape index (κ3) is 10.4. The fourth-order valence-electron chi connectivity index (χ4n) is 7.21. The van der Waals surface area contributed by atoms with Crippen molar-refractivity contribution in [2.45, 2.75) is 94.2 Å². The Kier molecular flexibility index (Phi) is 14.7. The Morgan fingerprint density at radius 1 is 0.800 bits per heavy atom. The number of hydrogen-bond acceptors (Lipinski definition) is 11. The molecule has 2 fully saturated rings. The van der Waals surface area contributed by atoms with Crippen LogP contribution in [0.5, 0.6) is 0 Å². The first kappa shape index (κ1) is 40.4. The van der Waals surface area contributed by atoms with E-state index in [4.69, 9.17) is 18.9 Å². The Labute approximate surface area is 316 Å². The van der Waals surface area contributed by atoms with Gasteiger partial charge in [-0.05, 0) is 46.1 Å². The maximum atomic E-state index is 14.2. The lowest BCUT2D eigenvalue weighted by Crippen LogP contribution is -2.66. The molecule has 1 heterocycles. The van der Waals surface area contributed by atoms with Gasteiger partial charge in [0.2, 0.25) is 0 Å². The molecule has 3 aromatic carbocycles. The first-order chi connectivity index (χ1) is 26.7. The standard InChI is InChI=1S/C37H42N10O8/c1-23(48)54-36-31(42-45-39)30(33(49)34(50)32(36)43-46-40)35-27(41-44-38)17-18-29(55-35)28(22-52-20-25-13-7-3-8-14-25)47(19-24-11-5-2-6-12-24)37(51)53-21-26-15-9-4-10-16-26/h2-16,27-36,49-50H,17-22H2,1H3/t27?,28-,29-,30?,31?,32?,33-,34-,35-,36-/m0/s1. The number of carbonyl (C=O) groups is 2. The monoisotopic (exact) mass is 754 g/mol. The van der Waals surface area contributed by atoms with Crippen molar-refractivity contribution in [2.75, 3.05) is 6.61 Å². The number of benzene rings is 3. The SMILES string of the molecule is CC(=O)O[C@H]1C(N=[N+]=[N-])C([C@H]2O[C@H]([C@H](COCc3ccccc3)N(Cc3ccccc3)C(=O)OCc3ccccc3)CCC2N=[N+]=[N-])[C@H](O)[C@@H](O)C1N=[N+]=[N-]. The summed E-state index contributed by atoms with van der Waals surface area (Å²) in [6, 6.07) is 23.1. The summed E-state index contributed by atoms with van der Waals surface area (Å²) in [5.74, 6) is -2.18. The van der Waals surface area contributed by atoms with Crippen molar-refractivity contribution in [3.8, 4) is 0 Å². The average Bonchev–Trinajstić information content (AvgIpc) is 3.20. The van der Waals surface area contributed by atoms with Crippen molar-refractivity contribution in [3.63, 3.8) is 0 Å². The molecule has 18 heteroatoms. The van der Waals surface area contributed by atoms with Crippen LogP contribution < -0.4 is 0 Å². The topological polar surface area (TPSA) is 261 Å². The number of carbonyl (C=O) groups excluding carboxylic acids is 2. The summed E-state index contributed by atoms with van der Waals surface area (Å²) in [5, 5.41) is 34.2. The third-order valence-corrected chi connectivity index (χ3v) is 9.74. The van der Waals surface area contributed by atoms with Crippen molar-refractivity contribution in [1.82, 2.24) is 4.90 Å². The molecule has 1 saturated heterocycles.